The number of pyridine rings is 1. The third-order valence-electron chi connectivity index (χ3n) is 4.04. The minimum Gasteiger partial charge on any atom is -0.326 e. The van der Waals surface area contributed by atoms with Crippen LogP contribution < -0.4 is 16.2 Å². The summed E-state index contributed by atoms with van der Waals surface area (Å²) in [5, 5.41) is 6.39. The fraction of sp³-hybridized carbons (Fsp3) is 0.286. The number of benzene rings is 1. The Morgan fingerprint density at radius 2 is 1.87 bits per heavy atom. The number of fused-ring (bicyclic) bond motifs is 1. The summed E-state index contributed by atoms with van der Waals surface area (Å²) in [6.45, 7) is 5.95. The molecule has 0 fully saturated rings. The fourth-order valence-corrected chi connectivity index (χ4v) is 3.67. The van der Waals surface area contributed by atoms with Gasteiger partial charge in [-0.05, 0) is 36.2 Å². The molecule has 0 unspecified atom stereocenters. The van der Waals surface area contributed by atoms with Crippen molar-refractivity contribution in [3.8, 4) is 0 Å². The zero-order valence-electron chi connectivity index (χ0n) is 17.0. The molecule has 2 heterocycles. The lowest BCUT2D eigenvalue weighted by molar-refractivity contribution is -0.114. The van der Waals surface area contributed by atoms with Crippen molar-refractivity contribution in [2.24, 2.45) is 5.92 Å². The molecule has 2 amide bonds. The average molecular weight is 426 g/mol. The van der Waals surface area contributed by atoms with Crippen LogP contribution in [0.2, 0.25) is 0 Å². The van der Waals surface area contributed by atoms with Gasteiger partial charge >= 0.3 is 0 Å². The van der Waals surface area contributed by atoms with Gasteiger partial charge in [0.15, 0.2) is 10.8 Å². The van der Waals surface area contributed by atoms with Crippen molar-refractivity contribution >= 4 is 46.0 Å². The molecule has 0 aliphatic carbocycles. The highest BCUT2D eigenvalue weighted by molar-refractivity contribution is 7.99. The molecule has 0 spiro atoms. The molecule has 9 heteroatoms. The number of aromatic nitrogens is 3. The summed E-state index contributed by atoms with van der Waals surface area (Å²) >= 11 is 1.19. The number of thioether (sulfide) groups is 1. The van der Waals surface area contributed by atoms with Gasteiger partial charge in [0.05, 0.1) is 11.1 Å². The Kier molecular flexibility index (Phi) is 6.83. The van der Waals surface area contributed by atoms with Gasteiger partial charge in [0.2, 0.25) is 11.8 Å². The molecule has 1 aromatic carbocycles. The van der Waals surface area contributed by atoms with Crippen molar-refractivity contribution in [2.45, 2.75) is 32.5 Å². The number of rotatable bonds is 7. The van der Waals surface area contributed by atoms with Crippen LogP contribution in [0, 0.1) is 5.92 Å². The first kappa shape index (κ1) is 21.5. The van der Waals surface area contributed by atoms with Crippen molar-refractivity contribution in [2.75, 3.05) is 16.4 Å². The van der Waals surface area contributed by atoms with Crippen LogP contribution in [-0.2, 0) is 16.1 Å². The Hall–Kier alpha value is -3.20. The third kappa shape index (κ3) is 5.44. The molecule has 3 rings (SSSR count). The van der Waals surface area contributed by atoms with E-state index >= 15 is 0 Å². The monoisotopic (exact) mass is 425 g/mol. The lowest BCUT2D eigenvalue weighted by atomic mass is 10.2. The maximum absolute atomic E-state index is 12.9. The number of hydrogen-bond donors (Lipinski definition) is 2. The Labute approximate surface area is 178 Å². The van der Waals surface area contributed by atoms with Crippen LogP contribution in [0.15, 0.2) is 52.5 Å². The van der Waals surface area contributed by atoms with Gasteiger partial charge in [-0.1, -0.05) is 31.7 Å². The Bertz CT molecular complexity index is 1140. The van der Waals surface area contributed by atoms with Crippen molar-refractivity contribution in [3.05, 3.63) is 52.9 Å². The molecular weight excluding hydrogens is 402 g/mol. The average Bonchev–Trinajstić information content (AvgIpc) is 2.68. The highest BCUT2D eigenvalue weighted by atomic mass is 32.2. The summed E-state index contributed by atoms with van der Waals surface area (Å²) in [5.41, 5.74) is 1.38. The molecule has 30 heavy (non-hydrogen) atoms. The van der Waals surface area contributed by atoms with Gasteiger partial charge in [-0.25, -0.2) is 9.97 Å². The molecule has 0 aliphatic rings. The van der Waals surface area contributed by atoms with E-state index in [2.05, 4.69) is 20.6 Å². The maximum Gasteiger partial charge on any atom is 0.263 e. The predicted molar refractivity (Wildman–Crippen MR) is 119 cm³/mol. The van der Waals surface area contributed by atoms with Crippen LogP contribution >= 0.6 is 11.8 Å². The quantitative estimate of drug-likeness (QED) is 0.445. The first-order chi connectivity index (χ1) is 14.3. The second-order valence-corrected chi connectivity index (χ2v) is 8.12. The van der Waals surface area contributed by atoms with Crippen LogP contribution in [0.25, 0.3) is 11.0 Å². The summed E-state index contributed by atoms with van der Waals surface area (Å²) in [6.07, 6.45) is 1.59. The molecule has 0 saturated heterocycles. The van der Waals surface area contributed by atoms with Crippen molar-refractivity contribution < 1.29 is 9.59 Å². The SMILES string of the molecule is CC(=O)Nc1cccc(NC(=O)CSc2nc3ncccc3c(=O)n2CC(C)C)c1. The molecule has 0 saturated carbocycles. The lowest BCUT2D eigenvalue weighted by Gasteiger charge is -2.14. The minimum absolute atomic E-state index is 0.0766. The first-order valence-electron chi connectivity index (χ1n) is 9.49. The standard InChI is InChI=1S/C21H23N5O3S/c1-13(2)11-26-20(29)17-8-5-9-22-19(17)25-21(26)30-12-18(28)24-16-7-4-6-15(10-16)23-14(3)27/h4-10,13H,11-12H2,1-3H3,(H,23,27)(H,24,28). The van der Waals surface area contributed by atoms with Crippen LogP contribution in [0.4, 0.5) is 11.4 Å². The van der Waals surface area contributed by atoms with E-state index in [0.29, 0.717) is 34.1 Å². The minimum atomic E-state index is -0.244. The zero-order valence-corrected chi connectivity index (χ0v) is 17.8. The summed E-state index contributed by atoms with van der Waals surface area (Å²) < 4.78 is 1.60. The second kappa shape index (κ2) is 9.53. The number of hydrogen-bond acceptors (Lipinski definition) is 6. The van der Waals surface area contributed by atoms with Gasteiger partial charge in [0, 0.05) is 31.0 Å². The summed E-state index contributed by atoms with van der Waals surface area (Å²) in [4.78, 5) is 45.2. The third-order valence-corrected chi connectivity index (χ3v) is 5.02. The topological polar surface area (TPSA) is 106 Å². The van der Waals surface area contributed by atoms with E-state index in [4.69, 9.17) is 0 Å². The molecule has 156 valence electrons. The van der Waals surface area contributed by atoms with Crippen LogP contribution in [0.5, 0.6) is 0 Å². The van der Waals surface area contributed by atoms with Gasteiger partial charge in [-0.2, -0.15) is 0 Å². The summed E-state index contributed by atoms with van der Waals surface area (Å²) in [6, 6.07) is 10.3. The van der Waals surface area contributed by atoms with E-state index in [9.17, 15) is 14.4 Å². The van der Waals surface area contributed by atoms with E-state index in [1.807, 2.05) is 13.8 Å². The van der Waals surface area contributed by atoms with Crippen LogP contribution in [0.1, 0.15) is 20.8 Å². The van der Waals surface area contributed by atoms with E-state index in [0.717, 1.165) is 0 Å². The fourth-order valence-electron chi connectivity index (χ4n) is 2.88. The number of carbonyl (C=O) groups excluding carboxylic acids is 2. The van der Waals surface area contributed by atoms with Crippen molar-refractivity contribution in [1.82, 2.24) is 14.5 Å². The number of nitrogens with one attached hydrogen (secondary N) is 2. The lowest BCUT2D eigenvalue weighted by Crippen LogP contribution is -2.26. The van der Waals surface area contributed by atoms with Gasteiger partial charge in [-0.15, -0.1) is 0 Å². The van der Waals surface area contributed by atoms with Crippen LogP contribution in [-0.4, -0.2) is 32.1 Å². The number of amides is 2. The van der Waals surface area contributed by atoms with E-state index in [-0.39, 0.29) is 29.0 Å². The van der Waals surface area contributed by atoms with Crippen molar-refractivity contribution in [3.63, 3.8) is 0 Å². The molecular formula is C21H23N5O3S. The number of carbonyl (C=O) groups is 2. The molecule has 0 bridgehead atoms. The molecule has 0 atom stereocenters. The van der Waals surface area contributed by atoms with E-state index in [1.165, 1.54) is 18.7 Å². The summed E-state index contributed by atoms with van der Waals surface area (Å²) in [7, 11) is 0. The summed E-state index contributed by atoms with van der Waals surface area (Å²) in [5.74, 6) is -0.115. The second-order valence-electron chi connectivity index (χ2n) is 7.18. The molecule has 0 radical (unpaired) electrons. The maximum atomic E-state index is 12.9. The number of nitrogens with zero attached hydrogens (tertiary/aromatic N) is 3. The Balaban J connectivity index is 1.77. The molecule has 3 aromatic rings. The van der Waals surface area contributed by atoms with Gasteiger partial charge in [-0.3, -0.25) is 19.0 Å². The molecule has 0 aliphatic heterocycles. The van der Waals surface area contributed by atoms with Gasteiger partial charge in [0.1, 0.15) is 0 Å². The normalized spacial score (nSPS) is 10.9. The largest absolute Gasteiger partial charge is 0.326 e. The Morgan fingerprint density at radius 1 is 1.13 bits per heavy atom. The molecule has 8 nitrogen and oxygen atoms in total. The highest BCUT2D eigenvalue weighted by Crippen LogP contribution is 2.20. The predicted octanol–water partition coefficient (Wildman–Crippen LogP) is 3.14. The van der Waals surface area contributed by atoms with Crippen molar-refractivity contribution in [1.29, 1.82) is 0 Å². The smallest absolute Gasteiger partial charge is 0.263 e. The van der Waals surface area contributed by atoms with E-state index in [1.54, 1.807) is 47.2 Å². The Morgan fingerprint density at radius 3 is 2.57 bits per heavy atom. The first-order valence-corrected chi connectivity index (χ1v) is 10.5. The zero-order chi connectivity index (χ0) is 21.7. The molecule has 2 N–H and O–H groups in total. The van der Waals surface area contributed by atoms with Gasteiger partial charge < -0.3 is 10.6 Å². The van der Waals surface area contributed by atoms with Crippen LogP contribution in [0.3, 0.4) is 0 Å². The molecule has 2 aromatic heterocycles. The number of anilines is 2. The van der Waals surface area contributed by atoms with E-state index < -0.39 is 0 Å². The highest BCUT2D eigenvalue weighted by Gasteiger charge is 2.15. The van der Waals surface area contributed by atoms with Gasteiger partial charge in [0.25, 0.3) is 5.56 Å².